The van der Waals surface area contributed by atoms with Crippen molar-refractivity contribution in [2.45, 2.75) is 43.8 Å². The van der Waals surface area contributed by atoms with Crippen molar-refractivity contribution >= 4 is 27.6 Å². The van der Waals surface area contributed by atoms with Crippen molar-refractivity contribution < 1.29 is 31.5 Å². The summed E-state index contributed by atoms with van der Waals surface area (Å²) in [6.07, 6.45) is -4.04. The number of halogens is 6. The lowest BCUT2D eigenvalue weighted by molar-refractivity contribution is -0.275. The van der Waals surface area contributed by atoms with Crippen molar-refractivity contribution in [3.63, 3.8) is 0 Å². The number of Topliss-reactive ketones (excluding diaryl/α,β-unsaturated/α-hetero) is 1. The molecule has 0 radical (unpaired) electrons. The molecule has 1 amide bonds. The Morgan fingerprint density at radius 3 is 2.00 bits per heavy atom. The van der Waals surface area contributed by atoms with Crippen LogP contribution in [0.2, 0.25) is 0 Å². The maximum atomic E-state index is 13.1. The number of carbonyl (C=O) groups excluding carboxylic acids is 2. The van der Waals surface area contributed by atoms with Gasteiger partial charge in [-0.3, -0.25) is 9.59 Å². The molecule has 0 aliphatic heterocycles. The Hall–Kier alpha value is -0.730. The summed E-state index contributed by atoms with van der Waals surface area (Å²) < 4.78 is 63.1. The highest BCUT2D eigenvalue weighted by atomic mass is 79.9. The molecule has 0 saturated heterocycles. The van der Waals surface area contributed by atoms with Crippen LogP contribution in [0.15, 0.2) is 0 Å². The van der Waals surface area contributed by atoms with Gasteiger partial charge in [0.25, 0.3) is 0 Å². The summed E-state index contributed by atoms with van der Waals surface area (Å²) in [7, 11) is 0. The lowest BCUT2D eigenvalue weighted by Gasteiger charge is -2.32. The molecule has 0 spiro atoms. The molecule has 1 aliphatic carbocycles. The fraction of sp³-hybridized carbons (Fsp3) is 0.818. The van der Waals surface area contributed by atoms with E-state index in [9.17, 15) is 31.5 Å². The molecule has 1 fully saturated rings. The molecular weight excluding hydrogens is 353 g/mol. The molecule has 1 aliphatic rings. The molecule has 20 heavy (non-hydrogen) atoms. The minimum atomic E-state index is -5.96. The molecule has 0 unspecified atom stereocenters. The van der Waals surface area contributed by atoms with Gasteiger partial charge < -0.3 is 4.90 Å². The molecule has 116 valence electrons. The van der Waals surface area contributed by atoms with E-state index in [1.165, 1.54) is 0 Å². The Bertz CT molecular complexity index is 379. The van der Waals surface area contributed by atoms with Crippen molar-refractivity contribution in [1.29, 1.82) is 0 Å². The molecule has 1 saturated carbocycles. The predicted molar refractivity (Wildman–Crippen MR) is 63.8 cm³/mol. The van der Waals surface area contributed by atoms with Crippen LogP contribution in [-0.2, 0) is 9.59 Å². The highest BCUT2D eigenvalue weighted by Crippen LogP contribution is 2.38. The number of hydrogen-bond acceptors (Lipinski definition) is 2. The molecule has 0 aromatic rings. The van der Waals surface area contributed by atoms with Crippen molar-refractivity contribution in [1.82, 2.24) is 4.90 Å². The SMILES string of the molecule is O=C(CBr)CN(C(=O)C(F)(F)C(F)(F)F)C1CCCC1. The number of nitrogens with zero attached hydrogens (tertiary/aromatic N) is 1. The Labute approximate surface area is 120 Å². The summed E-state index contributed by atoms with van der Waals surface area (Å²) in [6, 6.07) is -0.737. The molecular formula is C11H13BrF5NO2. The van der Waals surface area contributed by atoms with Crippen LogP contribution in [0.1, 0.15) is 25.7 Å². The molecule has 9 heteroatoms. The first-order chi connectivity index (χ1) is 9.11. The number of amides is 1. The van der Waals surface area contributed by atoms with E-state index >= 15 is 0 Å². The zero-order chi connectivity index (χ0) is 15.6. The Morgan fingerprint density at radius 2 is 1.60 bits per heavy atom. The molecule has 0 aromatic heterocycles. The average Bonchev–Trinajstić information content (AvgIpc) is 2.86. The number of hydrogen-bond donors (Lipinski definition) is 0. The van der Waals surface area contributed by atoms with Crippen LogP contribution in [0.5, 0.6) is 0 Å². The van der Waals surface area contributed by atoms with Crippen LogP contribution >= 0.6 is 15.9 Å². The molecule has 0 atom stereocenters. The van der Waals surface area contributed by atoms with Gasteiger partial charge in [-0.1, -0.05) is 28.8 Å². The average molecular weight is 366 g/mol. The third-order valence-corrected chi connectivity index (χ3v) is 3.77. The number of alkyl halides is 6. The highest BCUT2D eigenvalue weighted by Gasteiger charge is 2.65. The van der Waals surface area contributed by atoms with E-state index in [-0.39, 0.29) is 5.33 Å². The van der Waals surface area contributed by atoms with E-state index in [0.29, 0.717) is 30.6 Å². The monoisotopic (exact) mass is 365 g/mol. The number of rotatable bonds is 5. The zero-order valence-corrected chi connectivity index (χ0v) is 11.9. The predicted octanol–water partition coefficient (Wildman–Crippen LogP) is 2.92. The second-order valence-corrected chi connectivity index (χ2v) is 5.18. The van der Waals surface area contributed by atoms with Crippen molar-refractivity contribution in [3.8, 4) is 0 Å². The molecule has 1 rings (SSSR count). The Morgan fingerprint density at radius 1 is 1.10 bits per heavy atom. The van der Waals surface area contributed by atoms with Crippen molar-refractivity contribution in [2.75, 3.05) is 11.9 Å². The third-order valence-electron chi connectivity index (χ3n) is 3.15. The van der Waals surface area contributed by atoms with Gasteiger partial charge in [0, 0.05) is 6.04 Å². The largest absolute Gasteiger partial charge is 0.463 e. The lowest BCUT2D eigenvalue weighted by atomic mass is 10.1. The second kappa shape index (κ2) is 6.36. The minimum absolute atomic E-state index is 0.207. The minimum Gasteiger partial charge on any atom is -0.327 e. The van der Waals surface area contributed by atoms with Gasteiger partial charge in [0.1, 0.15) is 0 Å². The van der Waals surface area contributed by atoms with Crippen LogP contribution < -0.4 is 0 Å². The molecule has 0 N–H and O–H groups in total. The van der Waals surface area contributed by atoms with E-state index in [4.69, 9.17) is 0 Å². The lowest BCUT2D eigenvalue weighted by Crippen LogP contribution is -2.55. The van der Waals surface area contributed by atoms with Gasteiger partial charge in [-0.25, -0.2) is 0 Å². The van der Waals surface area contributed by atoms with Gasteiger partial charge in [-0.05, 0) is 12.8 Å². The summed E-state index contributed by atoms with van der Waals surface area (Å²) in [6.45, 7) is -0.736. The summed E-state index contributed by atoms with van der Waals surface area (Å²) in [5.41, 5.74) is 0. The second-order valence-electron chi connectivity index (χ2n) is 4.62. The van der Waals surface area contributed by atoms with Crippen LogP contribution in [0, 0.1) is 0 Å². The first-order valence-corrected chi connectivity index (χ1v) is 7.06. The van der Waals surface area contributed by atoms with Crippen LogP contribution in [0.4, 0.5) is 22.0 Å². The standard InChI is InChI=1S/C11H13BrF5NO2/c12-5-8(19)6-18(7-3-1-2-4-7)9(20)10(13,14)11(15,16)17/h7H,1-6H2. The smallest absolute Gasteiger partial charge is 0.327 e. The van der Waals surface area contributed by atoms with Crippen LogP contribution in [0.3, 0.4) is 0 Å². The van der Waals surface area contributed by atoms with E-state index in [1.807, 2.05) is 0 Å². The van der Waals surface area contributed by atoms with Crippen molar-refractivity contribution in [3.05, 3.63) is 0 Å². The number of carbonyl (C=O) groups is 2. The highest BCUT2D eigenvalue weighted by molar-refractivity contribution is 9.09. The summed E-state index contributed by atoms with van der Waals surface area (Å²) in [5, 5.41) is -0.207. The van der Waals surface area contributed by atoms with Gasteiger partial charge in [0.15, 0.2) is 5.78 Å². The van der Waals surface area contributed by atoms with Gasteiger partial charge in [0.2, 0.25) is 0 Å². The quantitative estimate of drug-likeness (QED) is 0.554. The van der Waals surface area contributed by atoms with Gasteiger partial charge in [0.05, 0.1) is 11.9 Å². The topological polar surface area (TPSA) is 37.4 Å². The maximum Gasteiger partial charge on any atom is 0.463 e. The van der Waals surface area contributed by atoms with E-state index < -0.39 is 36.4 Å². The summed E-state index contributed by atoms with van der Waals surface area (Å²) >= 11 is 2.79. The van der Waals surface area contributed by atoms with Gasteiger partial charge >= 0.3 is 18.0 Å². The normalized spacial score (nSPS) is 17.3. The van der Waals surface area contributed by atoms with Crippen LogP contribution in [0.25, 0.3) is 0 Å². The Balaban J connectivity index is 2.97. The summed E-state index contributed by atoms with van der Waals surface area (Å²) in [5.74, 6) is -8.43. The number of ketones is 1. The zero-order valence-electron chi connectivity index (χ0n) is 10.4. The molecule has 3 nitrogen and oxygen atoms in total. The van der Waals surface area contributed by atoms with Crippen LogP contribution in [-0.4, -0.2) is 46.6 Å². The van der Waals surface area contributed by atoms with E-state index in [0.717, 1.165) is 0 Å². The van der Waals surface area contributed by atoms with E-state index in [2.05, 4.69) is 15.9 Å². The fourth-order valence-corrected chi connectivity index (χ4v) is 2.29. The van der Waals surface area contributed by atoms with Gasteiger partial charge in [-0.2, -0.15) is 22.0 Å². The molecule has 0 bridgehead atoms. The Kier molecular flexibility index (Phi) is 5.51. The third kappa shape index (κ3) is 3.67. The first-order valence-electron chi connectivity index (χ1n) is 5.94. The summed E-state index contributed by atoms with van der Waals surface area (Å²) in [4.78, 5) is 23.2. The van der Waals surface area contributed by atoms with E-state index in [1.54, 1.807) is 0 Å². The first kappa shape index (κ1) is 17.3. The molecule has 0 heterocycles. The maximum absolute atomic E-state index is 13.1. The van der Waals surface area contributed by atoms with Crippen molar-refractivity contribution in [2.24, 2.45) is 0 Å². The molecule has 0 aromatic carbocycles. The van der Waals surface area contributed by atoms with Gasteiger partial charge in [-0.15, -0.1) is 0 Å². The fourth-order valence-electron chi connectivity index (χ4n) is 2.12.